The Bertz CT molecular complexity index is 635. The first-order chi connectivity index (χ1) is 11.4. The first kappa shape index (κ1) is 17.7. The highest BCUT2D eigenvalue weighted by Crippen LogP contribution is 2.40. The van der Waals surface area contributed by atoms with E-state index in [1.807, 2.05) is 0 Å². The number of nitrogens with zero attached hydrogens (tertiary/aromatic N) is 1. The van der Waals surface area contributed by atoms with E-state index in [4.69, 9.17) is 18.9 Å². The van der Waals surface area contributed by atoms with Crippen LogP contribution >= 0.6 is 0 Å². The Morgan fingerprint density at radius 1 is 1.25 bits per heavy atom. The molecule has 24 heavy (non-hydrogen) atoms. The maximum atomic E-state index is 11.8. The van der Waals surface area contributed by atoms with Crippen LogP contribution in [0.1, 0.15) is 12.5 Å². The second-order valence-electron chi connectivity index (χ2n) is 5.39. The number of hydrogen-bond donors (Lipinski definition) is 0. The van der Waals surface area contributed by atoms with E-state index in [0.717, 1.165) is 0 Å². The van der Waals surface area contributed by atoms with Crippen LogP contribution in [0.2, 0.25) is 0 Å². The fourth-order valence-corrected chi connectivity index (χ4v) is 2.18. The van der Waals surface area contributed by atoms with Crippen molar-refractivity contribution in [3.05, 3.63) is 23.8 Å². The summed E-state index contributed by atoms with van der Waals surface area (Å²) in [5.74, 6) is 0.749. The molecule has 2 rings (SSSR count). The van der Waals surface area contributed by atoms with Gasteiger partial charge in [-0.15, -0.1) is 0 Å². The van der Waals surface area contributed by atoms with Crippen LogP contribution in [-0.4, -0.2) is 57.3 Å². The summed E-state index contributed by atoms with van der Waals surface area (Å²) >= 11 is 0. The predicted octanol–water partition coefficient (Wildman–Crippen LogP) is 1.50. The molecule has 1 atom stereocenters. The molecule has 0 radical (unpaired) electrons. The zero-order chi connectivity index (χ0) is 17.7. The normalized spacial score (nSPS) is 14.2. The van der Waals surface area contributed by atoms with Crippen LogP contribution in [0.5, 0.6) is 17.2 Å². The summed E-state index contributed by atoms with van der Waals surface area (Å²) in [6, 6.07) is 3.47. The standard InChI is InChI=1S/C17H21NO6/c1-11(17(20)18(2)3)24-15(19)6-5-12-9-13(21-4)16-14(10-12)22-7-8-23-16/h5-6,9-11H,7-8H2,1-4H3/b6-5+/t11-/m0/s1. The third-order valence-electron chi connectivity index (χ3n) is 3.34. The van der Waals surface area contributed by atoms with Gasteiger partial charge in [-0.2, -0.15) is 0 Å². The molecule has 1 aliphatic heterocycles. The Balaban J connectivity index is 2.08. The van der Waals surface area contributed by atoms with Gasteiger partial charge in [0.1, 0.15) is 13.2 Å². The highest BCUT2D eigenvalue weighted by atomic mass is 16.6. The Morgan fingerprint density at radius 2 is 1.96 bits per heavy atom. The molecule has 1 aromatic rings. The van der Waals surface area contributed by atoms with Gasteiger partial charge in [-0.05, 0) is 30.7 Å². The molecule has 1 amide bonds. The van der Waals surface area contributed by atoms with Gasteiger partial charge >= 0.3 is 5.97 Å². The molecule has 0 saturated heterocycles. The Labute approximate surface area is 140 Å². The molecule has 1 aromatic carbocycles. The van der Waals surface area contributed by atoms with Gasteiger partial charge in [-0.25, -0.2) is 4.79 Å². The zero-order valence-corrected chi connectivity index (χ0v) is 14.2. The van der Waals surface area contributed by atoms with Gasteiger partial charge in [-0.1, -0.05) is 0 Å². The summed E-state index contributed by atoms with van der Waals surface area (Å²) < 4.78 is 21.4. The number of likely N-dealkylation sites (N-methyl/N-ethyl adjacent to an activating group) is 1. The van der Waals surface area contributed by atoms with Crippen molar-refractivity contribution in [2.24, 2.45) is 0 Å². The van der Waals surface area contributed by atoms with Crippen LogP contribution < -0.4 is 14.2 Å². The lowest BCUT2D eigenvalue weighted by Crippen LogP contribution is -2.34. The summed E-state index contributed by atoms with van der Waals surface area (Å²) in [6.45, 7) is 2.44. The third kappa shape index (κ3) is 4.18. The summed E-state index contributed by atoms with van der Waals surface area (Å²) in [6.07, 6.45) is 1.98. The van der Waals surface area contributed by atoms with Gasteiger partial charge in [0.15, 0.2) is 17.6 Å². The van der Waals surface area contributed by atoms with Gasteiger partial charge < -0.3 is 23.8 Å². The molecular weight excluding hydrogens is 314 g/mol. The van der Waals surface area contributed by atoms with Gasteiger partial charge in [-0.3, -0.25) is 4.79 Å². The number of hydrogen-bond acceptors (Lipinski definition) is 6. The van der Waals surface area contributed by atoms with Crippen molar-refractivity contribution in [3.63, 3.8) is 0 Å². The number of methoxy groups -OCH3 is 1. The van der Waals surface area contributed by atoms with E-state index >= 15 is 0 Å². The molecule has 0 saturated carbocycles. The predicted molar refractivity (Wildman–Crippen MR) is 87.3 cm³/mol. The van der Waals surface area contributed by atoms with Gasteiger partial charge in [0.05, 0.1) is 7.11 Å². The molecular formula is C17H21NO6. The van der Waals surface area contributed by atoms with Crippen molar-refractivity contribution in [1.29, 1.82) is 0 Å². The van der Waals surface area contributed by atoms with Gasteiger partial charge in [0.2, 0.25) is 5.75 Å². The summed E-state index contributed by atoms with van der Waals surface area (Å²) in [4.78, 5) is 24.9. The molecule has 0 spiro atoms. The second-order valence-corrected chi connectivity index (χ2v) is 5.39. The van der Waals surface area contributed by atoms with E-state index < -0.39 is 12.1 Å². The van der Waals surface area contributed by atoms with Crippen molar-refractivity contribution in [1.82, 2.24) is 4.90 Å². The number of amides is 1. The van der Waals surface area contributed by atoms with Gasteiger partial charge in [0, 0.05) is 20.2 Å². The van der Waals surface area contributed by atoms with Crippen molar-refractivity contribution in [2.75, 3.05) is 34.4 Å². The highest BCUT2D eigenvalue weighted by Gasteiger charge is 2.19. The molecule has 0 bridgehead atoms. The Hall–Kier alpha value is -2.70. The van der Waals surface area contributed by atoms with E-state index in [0.29, 0.717) is 36.0 Å². The molecule has 0 aromatic heterocycles. The molecule has 0 aliphatic carbocycles. The minimum absolute atomic E-state index is 0.280. The fraction of sp³-hybridized carbons (Fsp3) is 0.412. The third-order valence-corrected chi connectivity index (χ3v) is 3.34. The minimum Gasteiger partial charge on any atom is -0.493 e. The van der Waals surface area contributed by atoms with Crippen LogP contribution in [0, 0.1) is 0 Å². The van der Waals surface area contributed by atoms with E-state index in [2.05, 4.69) is 0 Å². The maximum absolute atomic E-state index is 11.8. The monoisotopic (exact) mass is 335 g/mol. The first-order valence-electron chi connectivity index (χ1n) is 7.50. The topological polar surface area (TPSA) is 74.3 Å². The number of ether oxygens (including phenoxy) is 4. The lowest BCUT2D eigenvalue weighted by molar-refractivity contribution is -0.153. The van der Waals surface area contributed by atoms with E-state index in [-0.39, 0.29) is 5.91 Å². The number of benzene rings is 1. The van der Waals surface area contributed by atoms with Gasteiger partial charge in [0.25, 0.3) is 5.91 Å². The van der Waals surface area contributed by atoms with Crippen LogP contribution in [0.4, 0.5) is 0 Å². The summed E-state index contributed by atoms with van der Waals surface area (Å²) in [7, 11) is 4.73. The maximum Gasteiger partial charge on any atom is 0.331 e. The molecule has 7 nitrogen and oxygen atoms in total. The average Bonchev–Trinajstić information content (AvgIpc) is 2.58. The Kier molecular flexibility index (Phi) is 5.68. The lowest BCUT2D eigenvalue weighted by atomic mass is 10.1. The van der Waals surface area contributed by atoms with Crippen LogP contribution in [0.15, 0.2) is 18.2 Å². The number of fused-ring (bicyclic) bond motifs is 1. The SMILES string of the molecule is COc1cc(/C=C/C(=O)O[C@@H](C)C(=O)N(C)C)cc2c1OCCO2. The van der Waals surface area contributed by atoms with E-state index in [1.54, 1.807) is 32.3 Å². The smallest absolute Gasteiger partial charge is 0.331 e. The number of esters is 1. The molecule has 0 N–H and O–H groups in total. The largest absolute Gasteiger partial charge is 0.493 e. The summed E-state index contributed by atoms with van der Waals surface area (Å²) in [5, 5.41) is 0. The van der Waals surface area contributed by atoms with Crippen molar-refractivity contribution in [3.8, 4) is 17.2 Å². The molecule has 0 unspecified atom stereocenters. The molecule has 0 fully saturated rings. The lowest BCUT2D eigenvalue weighted by Gasteiger charge is -2.21. The molecule has 130 valence electrons. The number of carbonyl (C=O) groups is 2. The fourth-order valence-electron chi connectivity index (χ4n) is 2.18. The number of rotatable bonds is 5. The van der Waals surface area contributed by atoms with E-state index in [1.165, 1.54) is 25.0 Å². The second kappa shape index (κ2) is 7.72. The van der Waals surface area contributed by atoms with Crippen molar-refractivity contribution >= 4 is 18.0 Å². The summed E-state index contributed by atoms with van der Waals surface area (Å²) in [5.41, 5.74) is 0.694. The van der Waals surface area contributed by atoms with Crippen LogP contribution in [0.3, 0.4) is 0 Å². The number of carbonyl (C=O) groups excluding carboxylic acids is 2. The van der Waals surface area contributed by atoms with Crippen LogP contribution in [-0.2, 0) is 14.3 Å². The first-order valence-corrected chi connectivity index (χ1v) is 7.50. The van der Waals surface area contributed by atoms with E-state index in [9.17, 15) is 9.59 Å². The highest BCUT2D eigenvalue weighted by molar-refractivity contribution is 5.90. The molecule has 1 aliphatic rings. The van der Waals surface area contributed by atoms with Crippen molar-refractivity contribution < 1.29 is 28.5 Å². The van der Waals surface area contributed by atoms with Crippen LogP contribution in [0.25, 0.3) is 6.08 Å². The van der Waals surface area contributed by atoms with Crippen molar-refractivity contribution in [2.45, 2.75) is 13.0 Å². The minimum atomic E-state index is -0.841. The Morgan fingerprint density at radius 3 is 2.62 bits per heavy atom. The zero-order valence-electron chi connectivity index (χ0n) is 14.2. The quantitative estimate of drug-likeness (QED) is 0.600. The average molecular weight is 335 g/mol. The molecule has 1 heterocycles. The molecule has 7 heteroatoms.